The van der Waals surface area contributed by atoms with E-state index in [1.165, 1.54) is 4.90 Å². The minimum Gasteiger partial charge on any atom is -0.310 e. The number of rotatable bonds is 0. The van der Waals surface area contributed by atoms with E-state index in [-0.39, 0.29) is 11.4 Å². The van der Waals surface area contributed by atoms with E-state index >= 15 is 0 Å². The maximum atomic E-state index is 10.8. The SMILES string of the molecule is CN1N=[C]C(=O)N(C)C1S. The molecule has 5 heteroatoms. The molecule has 1 radical (unpaired) electrons. The molecule has 0 saturated carbocycles. The largest absolute Gasteiger partial charge is 0.310 e. The van der Waals surface area contributed by atoms with Gasteiger partial charge in [-0.1, -0.05) is 0 Å². The zero-order valence-corrected chi connectivity index (χ0v) is 6.67. The lowest BCUT2D eigenvalue weighted by molar-refractivity contribution is -0.126. The Balaban J connectivity index is 2.79. The fourth-order valence-electron chi connectivity index (χ4n) is 0.608. The summed E-state index contributed by atoms with van der Waals surface area (Å²) in [5, 5.41) is 5.20. The van der Waals surface area contributed by atoms with Gasteiger partial charge < -0.3 is 4.90 Å². The predicted molar refractivity (Wildman–Crippen MR) is 40.7 cm³/mol. The molecule has 0 fully saturated rings. The first-order valence-electron chi connectivity index (χ1n) is 2.77. The third kappa shape index (κ3) is 1.09. The summed E-state index contributed by atoms with van der Waals surface area (Å²) >= 11 is 4.11. The molecule has 0 aromatic heterocycles. The molecule has 1 rings (SSSR count). The minimum absolute atomic E-state index is 0.238. The summed E-state index contributed by atoms with van der Waals surface area (Å²) < 4.78 is 0. The van der Waals surface area contributed by atoms with Gasteiger partial charge in [-0.05, 0) is 0 Å². The van der Waals surface area contributed by atoms with Crippen molar-refractivity contribution in [2.75, 3.05) is 14.1 Å². The van der Waals surface area contributed by atoms with Crippen molar-refractivity contribution in [3.8, 4) is 0 Å². The van der Waals surface area contributed by atoms with Crippen LogP contribution in [0.3, 0.4) is 0 Å². The van der Waals surface area contributed by atoms with Gasteiger partial charge in [-0.15, -0.1) is 12.6 Å². The van der Waals surface area contributed by atoms with E-state index in [9.17, 15) is 4.79 Å². The molecule has 0 spiro atoms. The summed E-state index contributed by atoms with van der Waals surface area (Å²) in [4.78, 5) is 12.2. The molecule has 0 aliphatic carbocycles. The van der Waals surface area contributed by atoms with Gasteiger partial charge in [0.15, 0.2) is 11.7 Å². The molecule has 0 saturated heterocycles. The van der Waals surface area contributed by atoms with Gasteiger partial charge >= 0.3 is 0 Å². The molecule has 1 aliphatic rings. The van der Waals surface area contributed by atoms with Crippen LogP contribution in [-0.4, -0.2) is 41.6 Å². The first-order valence-corrected chi connectivity index (χ1v) is 3.29. The van der Waals surface area contributed by atoms with Crippen LogP contribution < -0.4 is 0 Å². The van der Waals surface area contributed by atoms with E-state index in [0.717, 1.165) is 0 Å². The van der Waals surface area contributed by atoms with Gasteiger partial charge in [0.2, 0.25) is 0 Å². The van der Waals surface area contributed by atoms with Crippen molar-refractivity contribution in [3.63, 3.8) is 0 Å². The summed E-state index contributed by atoms with van der Waals surface area (Å²) in [7, 11) is 3.38. The molecule has 1 unspecified atom stereocenters. The first kappa shape index (κ1) is 7.40. The molecule has 0 N–H and O–H groups in total. The third-order valence-electron chi connectivity index (χ3n) is 1.30. The monoisotopic (exact) mass is 158 g/mol. The van der Waals surface area contributed by atoms with Crippen LogP contribution in [0.4, 0.5) is 0 Å². The van der Waals surface area contributed by atoms with Crippen molar-refractivity contribution in [2.45, 2.75) is 5.50 Å². The summed E-state index contributed by atoms with van der Waals surface area (Å²) in [5.41, 5.74) is -0.270. The highest BCUT2D eigenvalue weighted by molar-refractivity contribution is 7.80. The molecule has 1 aliphatic heterocycles. The number of nitrogens with zero attached hydrogens (tertiary/aromatic N) is 3. The minimum atomic E-state index is -0.270. The fraction of sp³-hybridized carbons (Fsp3) is 0.600. The molecule has 1 heterocycles. The number of hydrazone groups is 1. The highest BCUT2D eigenvalue weighted by Crippen LogP contribution is 2.09. The highest BCUT2D eigenvalue weighted by atomic mass is 32.1. The molecule has 0 aromatic rings. The molecule has 10 heavy (non-hydrogen) atoms. The molecule has 1 atom stereocenters. The van der Waals surface area contributed by atoms with Crippen LogP contribution >= 0.6 is 12.6 Å². The van der Waals surface area contributed by atoms with Crippen LogP contribution in [0.2, 0.25) is 0 Å². The fourth-order valence-corrected chi connectivity index (χ4v) is 0.764. The zero-order chi connectivity index (χ0) is 7.72. The highest BCUT2D eigenvalue weighted by Gasteiger charge is 2.22. The van der Waals surface area contributed by atoms with Gasteiger partial charge in [-0.3, -0.25) is 9.80 Å². The van der Waals surface area contributed by atoms with Crippen LogP contribution in [-0.2, 0) is 4.79 Å². The number of carbonyl (C=O) groups excluding carboxylic acids is 1. The van der Waals surface area contributed by atoms with E-state index in [4.69, 9.17) is 0 Å². The number of thiol groups is 1. The summed E-state index contributed by atoms with van der Waals surface area (Å²) in [6, 6.07) is 0. The van der Waals surface area contributed by atoms with E-state index in [1.807, 2.05) is 0 Å². The van der Waals surface area contributed by atoms with Crippen molar-refractivity contribution < 1.29 is 4.79 Å². The number of hydrogen-bond donors (Lipinski definition) is 1. The lowest BCUT2D eigenvalue weighted by atomic mass is 10.5. The van der Waals surface area contributed by atoms with E-state index in [0.29, 0.717) is 0 Å². The van der Waals surface area contributed by atoms with Crippen molar-refractivity contribution in [1.82, 2.24) is 9.91 Å². The number of hydrogen-bond acceptors (Lipinski definition) is 4. The van der Waals surface area contributed by atoms with Gasteiger partial charge in [0.1, 0.15) is 0 Å². The van der Waals surface area contributed by atoms with Gasteiger partial charge in [0.25, 0.3) is 5.91 Å². The molecule has 1 amide bonds. The second kappa shape index (κ2) is 2.49. The Labute approximate surface area is 64.9 Å². The predicted octanol–water partition coefficient (Wildman–Crippen LogP) is -0.534. The van der Waals surface area contributed by atoms with Gasteiger partial charge in [-0.2, -0.15) is 5.10 Å². The van der Waals surface area contributed by atoms with E-state index < -0.39 is 0 Å². The van der Waals surface area contributed by atoms with Gasteiger partial charge in [0, 0.05) is 14.1 Å². The number of carbonyl (C=O) groups is 1. The molecular weight excluding hydrogens is 150 g/mol. The second-order valence-electron chi connectivity index (χ2n) is 2.05. The van der Waals surface area contributed by atoms with Gasteiger partial charge in [0.05, 0.1) is 0 Å². The molecular formula is C5H8N3OS. The first-order chi connectivity index (χ1) is 4.63. The Morgan fingerprint density at radius 1 is 1.70 bits per heavy atom. The van der Waals surface area contributed by atoms with Crippen LogP contribution in [0.1, 0.15) is 0 Å². The lowest BCUT2D eigenvalue weighted by Crippen LogP contribution is -2.46. The summed E-state index contributed by atoms with van der Waals surface area (Å²) in [6.45, 7) is 0. The van der Waals surface area contributed by atoms with Crippen LogP contribution in [0.5, 0.6) is 0 Å². The van der Waals surface area contributed by atoms with E-state index in [1.54, 1.807) is 19.1 Å². The van der Waals surface area contributed by atoms with Crippen LogP contribution in [0, 0.1) is 0 Å². The normalized spacial score (nSPS) is 25.9. The van der Waals surface area contributed by atoms with E-state index in [2.05, 4.69) is 23.9 Å². The molecule has 55 valence electrons. The Morgan fingerprint density at radius 3 is 2.80 bits per heavy atom. The Morgan fingerprint density at radius 2 is 2.30 bits per heavy atom. The number of amides is 1. The summed E-state index contributed by atoms with van der Waals surface area (Å²) in [5.74, 6) is -0.238. The topological polar surface area (TPSA) is 35.9 Å². The van der Waals surface area contributed by atoms with Crippen molar-refractivity contribution in [3.05, 3.63) is 0 Å². The third-order valence-corrected chi connectivity index (χ3v) is 1.98. The second-order valence-corrected chi connectivity index (χ2v) is 2.51. The van der Waals surface area contributed by atoms with Gasteiger partial charge in [-0.25, -0.2) is 0 Å². The van der Waals surface area contributed by atoms with Crippen molar-refractivity contribution in [1.29, 1.82) is 0 Å². The standard InChI is InChI=1S/C5H8N3OS/c1-7-4(9)3-6-8(2)5(7)10/h5,10H,1-2H3. The average molecular weight is 158 g/mol. The Hall–Kier alpha value is -0.710. The molecule has 0 aromatic carbocycles. The zero-order valence-electron chi connectivity index (χ0n) is 5.77. The Bertz CT molecular complexity index is 182. The Kier molecular flexibility index (Phi) is 1.85. The average Bonchev–Trinajstić information content (AvgIpc) is 1.93. The van der Waals surface area contributed by atoms with Crippen LogP contribution in [0.25, 0.3) is 0 Å². The maximum Gasteiger partial charge on any atom is 0.278 e. The lowest BCUT2D eigenvalue weighted by Gasteiger charge is -2.31. The van der Waals surface area contributed by atoms with Crippen LogP contribution in [0.15, 0.2) is 5.10 Å². The quantitative estimate of drug-likeness (QED) is 0.481. The van der Waals surface area contributed by atoms with Crippen molar-refractivity contribution in [2.24, 2.45) is 5.10 Å². The summed E-state index contributed by atoms with van der Waals surface area (Å²) in [6.07, 6.45) is 2.30. The maximum absolute atomic E-state index is 10.8. The smallest absolute Gasteiger partial charge is 0.278 e. The van der Waals surface area contributed by atoms with Crippen molar-refractivity contribution >= 4 is 24.8 Å². The molecule has 0 bridgehead atoms. The molecule has 4 nitrogen and oxygen atoms in total.